The number of anilines is 1. The fourth-order valence-corrected chi connectivity index (χ4v) is 3.48. The molecule has 0 spiro atoms. The highest BCUT2D eigenvalue weighted by atomic mass is 19.1. The number of piperidine rings is 2. The van der Waals surface area contributed by atoms with Crippen LogP contribution >= 0.6 is 0 Å². The van der Waals surface area contributed by atoms with Crippen LogP contribution in [0.2, 0.25) is 0 Å². The highest BCUT2D eigenvalue weighted by molar-refractivity contribution is 5.45. The fourth-order valence-electron chi connectivity index (χ4n) is 3.48. The first-order valence-electron chi connectivity index (χ1n) is 6.81. The summed E-state index contributed by atoms with van der Waals surface area (Å²) in [5.41, 5.74) is 0.981. The largest absolute Gasteiger partial charge is 0.371 e. The molecule has 1 aromatic heterocycles. The van der Waals surface area contributed by atoms with Crippen molar-refractivity contribution in [3.8, 4) is 0 Å². The molecule has 2 atom stereocenters. The summed E-state index contributed by atoms with van der Waals surface area (Å²) in [7, 11) is 2.23. The molecular weight excluding hydrogens is 229 g/mol. The van der Waals surface area contributed by atoms with Gasteiger partial charge in [0.15, 0.2) is 0 Å². The van der Waals surface area contributed by atoms with Gasteiger partial charge in [-0.3, -0.25) is 0 Å². The zero-order valence-electron chi connectivity index (χ0n) is 10.8. The average Bonchev–Trinajstić information content (AvgIpc) is 2.39. The SMILES string of the molecule is CN1CCCC2CN(c3ccnc(F)c3)CCC21. The third-order valence-corrected chi connectivity index (χ3v) is 4.42. The number of likely N-dealkylation sites (tertiary alicyclic amines) is 1. The number of rotatable bonds is 1. The van der Waals surface area contributed by atoms with E-state index < -0.39 is 0 Å². The summed E-state index contributed by atoms with van der Waals surface area (Å²) in [5.74, 6) is 0.351. The van der Waals surface area contributed by atoms with E-state index in [0.717, 1.165) is 30.7 Å². The number of hydrogen-bond acceptors (Lipinski definition) is 3. The van der Waals surface area contributed by atoms with Crippen LogP contribution in [0.3, 0.4) is 0 Å². The monoisotopic (exact) mass is 249 g/mol. The van der Waals surface area contributed by atoms with Gasteiger partial charge in [0.05, 0.1) is 0 Å². The van der Waals surface area contributed by atoms with E-state index in [-0.39, 0.29) is 5.95 Å². The average molecular weight is 249 g/mol. The van der Waals surface area contributed by atoms with E-state index in [1.807, 2.05) is 6.07 Å². The summed E-state index contributed by atoms with van der Waals surface area (Å²) in [6.45, 7) is 3.30. The van der Waals surface area contributed by atoms with Crippen LogP contribution in [0.4, 0.5) is 10.1 Å². The molecule has 0 saturated carbocycles. The van der Waals surface area contributed by atoms with Gasteiger partial charge in [-0.2, -0.15) is 4.39 Å². The molecule has 3 nitrogen and oxygen atoms in total. The molecule has 0 aromatic carbocycles. The Morgan fingerprint density at radius 2 is 2.22 bits per heavy atom. The molecular formula is C14H20FN3. The number of nitrogens with zero attached hydrogens (tertiary/aromatic N) is 3. The van der Waals surface area contributed by atoms with Crippen LogP contribution in [-0.4, -0.2) is 42.6 Å². The minimum atomic E-state index is -0.379. The molecule has 1 aromatic rings. The van der Waals surface area contributed by atoms with Crippen LogP contribution in [0.15, 0.2) is 18.3 Å². The van der Waals surface area contributed by atoms with E-state index in [1.54, 1.807) is 12.3 Å². The summed E-state index contributed by atoms with van der Waals surface area (Å²) in [5, 5.41) is 0. The molecule has 0 radical (unpaired) electrons. The van der Waals surface area contributed by atoms with Gasteiger partial charge < -0.3 is 9.80 Å². The number of pyridine rings is 1. The van der Waals surface area contributed by atoms with E-state index in [9.17, 15) is 4.39 Å². The van der Waals surface area contributed by atoms with E-state index in [0.29, 0.717) is 0 Å². The zero-order valence-corrected chi connectivity index (χ0v) is 10.8. The maximum Gasteiger partial charge on any atom is 0.214 e. The van der Waals surface area contributed by atoms with E-state index in [1.165, 1.54) is 25.8 Å². The molecule has 2 unspecified atom stereocenters. The highest BCUT2D eigenvalue weighted by Gasteiger charge is 2.34. The Kier molecular flexibility index (Phi) is 3.20. The number of halogens is 1. The molecule has 2 saturated heterocycles. The smallest absolute Gasteiger partial charge is 0.214 e. The Hall–Kier alpha value is -1.16. The summed E-state index contributed by atoms with van der Waals surface area (Å²) in [6.07, 6.45) is 5.34. The van der Waals surface area contributed by atoms with Crippen LogP contribution in [0.25, 0.3) is 0 Å². The van der Waals surface area contributed by atoms with Gasteiger partial charge in [-0.1, -0.05) is 0 Å². The van der Waals surface area contributed by atoms with Crippen molar-refractivity contribution in [2.45, 2.75) is 25.3 Å². The molecule has 0 bridgehead atoms. The minimum Gasteiger partial charge on any atom is -0.371 e. The Labute approximate surface area is 108 Å². The van der Waals surface area contributed by atoms with Crippen molar-refractivity contribution in [3.63, 3.8) is 0 Å². The van der Waals surface area contributed by atoms with Crippen molar-refractivity contribution < 1.29 is 4.39 Å². The number of aromatic nitrogens is 1. The summed E-state index contributed by atoms with van der Waals surface area (Å²) < 4.78 is 13.2. The van der Waals surface area contributed by atoms with Gasteiger partial charge in [0.2, 0.25) is 5.95 Å². The molecule has 98 valence electrons. The van der Waals surface area contributed by atoms with Gasteiger partial charge in [0.25, 0.3) is 0 Å². The lowest BCUT2D eigenvalue weighted by atomic mass is 9.84. The van der Waals surface area contributed by atoms with Crippen molar-refractivity contribution in [3.05, 3.63) is 24.3 Å². The second-order valence-electron chi connectivity index (χ2n) is 5.52. The Morgan fingerprint density at radius 1 is 1.33 bits per heavy atom. The predicted molar refractivity (Wildman–Crippen MR) is 70.2 cm³/mol. The second-order valence-corrected chi connectivity index (χ2v) is 5.52. The highest BCUT2D eigenvalue weighted by Crippen LogP contribution is 2.31. The van der Waals surface area contributed by atoms with Crippen LogP contribution in [0.5, 0.6) is 0 Å². The lowest BCUT2D eigenvalue weighted by Gasteiger charge is -2.46. The third kappa shape index (κ3) is 2.21. The molecule has 3 heterocycles. The first-order valence-corrected chi connectivity index (χ1v) is 6.81. The second kappa shape index (κ2) is 4.84. The maximum atomic E-state index is 13.2. The van der Waals surface area contributed by atoms with Gasteiger partial charge >= 0.3 is 0 Å². The minimum absolute atomic E-state index is 0.379. The van der Waals surface area contributed by atoms with Crippen LogP contribution in [0, 0.1) is 11.9 Å². The molecule has 0 amide bonds. The van der Waals surface area contributed by atoms with Gasteiger partial charge in [-0.05, 0) is 44.8 Å². The van der Waals surface area contributed by atoms with Gasteiger partial charge in [0.1, 0.15) is 0 Å². The quantitative estimate of drug-likeness (QED) is 0.711. The Morgan fingerprint density at radius 3 is 3.06 bits per heavy atom. The third-order valence-electron chi connectivity index (χ3n) is 4.42. The van der Waals surface area contributed by atoms with Crippen molar-refractivity contribution >= 4 is 5.69 Å². The molecule has 0 aliphatic carbocycles. The van der Waals surface area contributed by atoms with Crippen LogP contribution < -0.4 is 4.90 Å². The van der Waals surface area contributed by atoms with Crippen molar-refractivity contribution in [1.82, 2.24) is 9.88 Å². The molecule has 2 aliphatic rings. The van der Waals surface area contributed by atoms with Gasteiger partial charge in [0, 0.05) is 37.1 Å². The first kappa shape index (κ1) is 11.9. The number of fused-ring (bicyclic) bond motifs is 1. The van der Waals surface area contributed by atoms with Crippen molar-refractivity contribution in [1.29, 1.82) is 0 Å². The Bertz CT molecular complexity index is 423. The van der Waals surface area contributed by atoms with Gasteiger partial charge in [-0.25, -0.2) is 4.98 Å². The molecule has 2 aliphatic heterocycles. The topological polar surface area (TPSA) is 19.4 Å². The summed E-state index contributed by atoms with van der Waals surface area (Å²) in [4.78, 5) is 8.44. The van der Waals surface area contributed by atoms with E-state index in [4.69, 9.17) is 0 Å². The van der Waals surface area contributed by atoms with Crippen molar-refractivity contribution in [2.75, 3.05) is 31.6 Å². The molecule has 18 heavy (non-hydrogen) atoms. The molecule has 3 rings (SSSR count). The molecule has 0 N–H and O–H groups in total. The van der Waals surface area contributed by atoms with E-state index in [2.05, 4.69) is 21.8 Å². The standard InChI is InChI=1S/C14H20FN3/c1-17-7-2-3-11-10-18(8-5-13(11)17)12-4-6-16-14(15)9-12/h4,6,9,11,13H,2-3,5,7-8,10H2,1H3. The zero-order chi connectivity index (χ0) is 12.5. The molecule has 4 heteroatoms. The normalized spacial score (nSPS) is 29.1. The van der Waals surface area contributed by atoms with E-state index >= 15 is 0 Å². The first-order chi connectivity index (χ1) is 8.74. The lowest BCUT2D eigenvalue weighted by molar-refractivity contribution is 0.102. The fraction of sp³-hybridized carbons (Fsp3) is 0.643. The van der Waals surface area contributed by atoms with Crippen LogP contribution in [0.1, 0.15) is 19.3 Å². The van der Waals surface area contributed by atoms with Gasteiger partial charge in [-0.15, -0.1) is 0 Å². The summed E-state index contributed by atoms with van der Waals surface area (Å²) >= 11 is 0. The lowest BCUT2D eigenvalue weighted by Crippen LogP contribution is -2.52. The maximum absolute atomic E-state index is 13.2. The summed E-state index contributed by atoms with van der Waals surface area (Å²) in [6, 6.07) is 4.18. The number of hydrogen-bond donors (Lipinski definition) is 0. The Balaban J connectivity index is 1.74. The van der Waals surface area contributed by atoms with Crippen LogP contribution in [-0.2, 0) is 0 Å². The van der Waals surface area contributed by atoms with Crippen molar-refractivity contribution in [2.24, 2.45) is 5.92 Å². The predicted octanol–water partition coefficient (Wildman–Crippen LogP) is 2.14. The molecule has 2 fully saturated rings.